The highest BCUT2D eigenvalue weighted by Gasteiger charge is 2.29. The Morgan fingerprint density at radius 3 is 2.48 bits per heavy atom. The summed E-state index contributed by atoms with van der Waals surface area (Å²) in [6.07, 6.45) is 3.81. The summed E-state index contributed by atoms with van der Waals surface area (Å²) >= 11 is 0. The fourth-order valence-corrected chi connectivity index (χ4v) is 3.26. The van der Waals surface area contributed by atoms with E-state index in [2.05, 4.69) is 10.00 Å². The highest BCUT2D eigenvalue weighted by Crippen LogP contribution is 2.20. The van der Waals surface area contributed by atoms with Gasteiger partial charge in [-0.2, -0.15) is 5.10 Å². The summed E-state index contributed by atoms with van der Waals surface area (Å²) < 4.78 is 7.17. The minimum absolute atomic E-state index is 0.126. The number of nitrogens with zero attached hydrogens (tertiary/aromatic N) is 4. The van der Waals surface area contributed by atoms with Crippen LogP contribution in [-0.4, -0.2) is 70.9 Å². The van der Waals surface area contributed by atoms with Crippen molar-refractivity contribution >= 4 is 5.91 Å². The monoisotopic (exact) mass is 292 g/mol. The molecule has 0 radical (unpaired) electrons. The van der Waals surface area contributed by atoms with Crippen molar-refractivity contribution in [3.63, 3.8) is 0 Å². The molecule has 1 amide bonds. The molecule has 21 heavy (non-hydrogen) atoms. The highest BCUT2D eigenvalue weighted by atomic mass is 16.5. The molecule has 116 valence electrons. The molecule has 0 N–H and O–H groups in total. The lowest BCUT2D eigenvalue weighted by Crippen LogP contribution is -2.50. The zero-order chi connectivity index (χ0) is 14.8. The second-order valence-corrected chi connectivity index (χ2v) is 5.94. The molecule has 1 aromatic heterocycles. The van der Waals surface area contributed by atoms with Gasteiger partial charge in [-0.1, -0.05) is 0 Å². The lowest BCUT2D eigenvalue weighted by Gasteiger charge is -2.40. The molecule has 3 heterocycles. The molecule has 0 saturated carbocycles. The maximum absolute atomic E-state index is 12.6. The summed E-state index contributed by atoms with van der Waals surface area (Å²) in [6, 6.07) is 0.605. The van der Waals surface area contributed by atoms with Gasteiger partial charge in [-0.3, -0.25) is 14.4 Å². The number of rotatable bonds is 2. The Labute approximate surface area is 125 Å². The Hall–Kier alpha value is -1.40. The van der Waals surface area contributed by atoms with Crippen molar-refractivity contribution in [2.24, 2.45) is 7.05 Å². The topological polar surface area (TPSA) is 50.6 Å². The van der Waals surface area contributed by atoms with Crippen LogP contribution >= 0.6 is 0 Å². The van der Waals surface area contributed by atoms with Crippen molar-refractivity contribution in [1.29, 1.82) is 0 Å². The molecular formula is C15H24N4O2. The fourth-order valence-electron chi connectivity index (χ4n) is 3.26. The zero-order valence-electron chi connectivity index (χ0n) is 12.9. The van der Waals surface area contributed by atoms with E-state index in [-0.39, 0.29) is 5.91 Å². The molecule has 2 aliphatic heterocycles. The number of carbonyl (C=O) groups excluding carboxylic acids is 1. The van der Waals surface area contributed by atoms with E-state index in [0.29, 0.717) is 6.04 Å². The maximum atomic E-state index is 12.6. The van der Waals surface area contributed by atoms with Crippen molar-refractivity contribution < 1.29 is 9.53 Å². The Bertz CT molecular complexity index is 500. The third kappa shape index (κ3) is 2.96. The van der Waals surface area contributed by atoms with E-state index < -0.39 is 0 Å². The molecule has 0 unspecified atom stereocenters. The van der Waals surface area contributed by atoms with E-state index in [9.17, 15) is 4.79 Å². The molecular weight excluding hydrogens is 268 g/mol. The number of hydrogen-bond acceptors (Lipinski definition) is 4. The van der Waals surface area contributed by atoms with E-state index in [1.807, 2.05) is 18.9 Å². The predicted molar refractivity (Wildman–Crippen MR) is 79.3 cm³/mol. The molecule has 2 aliphatic rings. The smallest absolute Gasteiger partial charge is 0.257 e. The predicted octanol–water partition coefficient (Wildman–Crippen LogP) is 0.665. The lowest BCUT2D eigenvalue weighted by molar-refractivity contribution is 0.00158. The number of ether oxygens (including phenoxy) is 1. The molecule has 3 rings (SSSR count). The van der Waals surface area contributed by atoms with Crippen molar-refractivity contribution in [3.05, 3.63) is 17.5 Å². The van der Waals surface area contributed by atoms with Crippen molar-refractivity contribution in [2.45, 2.75) is 25.8 Å². The number of aromatic nitrogens is 2. The van der Waals surface area contributed by atoms with Gasteiger partial charge >= 0.3 is 0 Å². The minimum Gasteiger partial charge on any atom is -0.379 e. The first-order chi connectivity index (χ1) is 10.2. The molecule has 2 saturated heterocycles. The zero-order valence-corrected chi connectivity index (χ0v) is 12.9. The van der Waals surface area contributed by atoms with Gasteiger partial charge in [-0.15, -0.1) is 0 Å². The maximum Gasteiger partial charge on any atom is 0.257 e. The molecule has 0 spiro atoms. The summed E-state index contributed by atoms with van der Waals surface area (Å²) in [6.45, 7) is 7.37. The van der Waals surface area contributed by atoms with Gasteiger partial charge in [0, 0.05) is 45.0 Å². The fraction of sp³-hybridized carbons (Fsp3) is 0.733. The van der Waals surface area contributed by atoms with Crippen LogP contribution in [0.1, 0.15) is 28.9 Å². The van der Waals surface area contributed by atoms with Gasteiger partial charge in [0.15, 0.2) is 0 Å². The molecule has 2 fully saturated rings. The molecule has 0 aromatic carbocycles. The SMILES string of the molecule is Cc1c(C(=O)N2CCC(N3CCOCC3)CC2)cnn1C. The van der Waals surface area contributed by atoms with Crippen LogP contribution in [0.2, 0.25) is 0 Å². The Kier molecular flexibility index (Phi) is 4.26. The Morgan fingerprint density at radius 2 is 1.90 bits per heavy atom. The first-order valence-electron chi connectivity index (χ1n) is 7.76. The van der Waals surface area contributed by atoms with E-state index >= 15 is 0 Å². The van der Waals surface area contributed by atoms with Crippen LogP contribution in [0.15, 0.2) is 6.20 Å². The van der Waals surface area contributed by atoms with Gasteiger partial charge in [0.05, 0.1) is 25.0 Å². The average Bonchev–Trinajstić information content (AvgIpc) is 2.87. The summed E-state index contributed by atoms with van der Waals surface area (Å²) in [7, 11) is 1.87. The number of morpholine rings is 1. The van der Waals surface area contributed by atoms with Crippen LogP contribution < -0.4 is 0 Å². The number of carbonyl (C=O) groups is 1. The van der Waals surface area contributed by atoms with Crippen LogP contribution in [0.4, 0.5) is 0 Å². The van der Waals surface area contributed by atoms with Gasteiger partial charge in [0.25, 0.3) is 5.91 Å². The average molecular weight is 292 g/mol. The van der Waals surface area contributed by atoms with Crippen LogP contribution in [0.5, 0.6) is 0 Å². The second kappa shape index (κ2) is 6.15. The Balaban J connectivity index is 1.58. The summed E-state index contributed by atoms with van der Waals surface area (Å²) in [5.74, 6) is 0.126. The van der Waals surface area contributed by atoms with E-state index in [4.69, 9.17) is 4.74 Å². The number of likely N-dealkylation sites (tertiary alicyclic amines) is 1. The lowest BCUT2D eigenvalue weighted by atomic mass is 10.0. The number of piperidine rings is 1. The minimum atomic E-state index is 0.126. The van der Waals surface area contributed by atoms with Crippen LogP contribution in [0.3, 0.4) is 0 Å². The van der Waals surface area contributed by atoms with Crippen molar-refractivity contribution in [2.75, 3.05) is 39.4 Å². The second-order valence-electron chi connectivity index (χ2n) is 5.94. The highest BCUT2D eigenvalue weighted by molar-refractivity contribution is 5.95. The van der Waals surface area contributed by atoms with Gasteiger partial charge in [0.1, 0.15) is 0 Å². The van der Waals surface area contributed by atoms with Gasteiger partial charge in [-0.05, 0) is 19.8 Å². The summed E-state index contributed by atoms with van der Waals surface area (Å²) in [5, 5.41) is 4.17. The normalized spacial score (nSPS) is 21.7. The third-order valence-corrected chi connectivity index (χ3v) is 4.78. The largest absolute Gasteiger partial charge is 0.379 e. The number of amides is 1. The number of hydrogen-bond donors (Lipinski definition) is 0. The van der Waals surface area contributed by atoms with Crippen molar-refractivity contribution in [3.8, 4) is 0 Å². The van der Waals surface area contributed by atoms with Crippen LogP contribution in [-0.2, 0) is 11.8 Å². The van der Waals surface area contributed by atoms with Gasteiger partial charge in [0.2, 0.25) is 0 Å². The molecule has 6 heteroatoms. The van der Waals surface area contributed by atoms with Crippen LogP contribution in [0.25, 0.3) is 0 Å². The third-order valence-electron chi connectivity index (χ3n) is 4.78. The molecule has 6 nitrogen and oxygen atoms in total. The molecule has 1 aromatic rings. The van der Waals surface area contributed by atoms with Gasteiger partial charge in [-0.25, -0.2) is 0 Å². The standard InChI is InChI=1S/C15H24N4O2/c1-12-14(11-16-17(12)2)15(20)19-5-3-13(4-6-19)18-7-9-21-10-8-18/h11,13H,3-10H2,1-2H3. The summed E-state index contributed by atoms with van der Waals surface area (Å²) in [5.41, 5.74) is 1.68. The Morgan fingerprint density at radius 1 is 1.24 bits per heavy atom. The van der Waals surface area contributed by atoms with E-state index in [1.54, 1.807) is 10.9 Å². The molecule has 0 aliphatic carbocycles. The molecule has 0 atom stereocenters. The van der Waals surface area contributed by atoms with Crippen molar-refractivity contribution in [1.82, 2.24) is 19.6 Å². The van der Waals surface area contributed by atoms with E-state index in [1.165, 1.54) is 0 Å². The van der Waals surface area contributed by atoms with Crippen LogP contribution in [0, 0.1) is 6.92 Å². The quantitative estimate of drug-likeness (QED) is 0.804. The first kappa shape index (κ1) is 14.5. The van der Waals surface area contributed by atoms with Gasteiger partial charge < -0.3 is 9.64 Å². The summed E-state index contributed by atoms with van der Waals surface area (Å²) in [4.78, 5) is 17.0. The number of aryl methyl sites for hydroxylation is 1. The molecule has 0 bridgehead atoms. The first-order valence-corrected chi connectivity index (χ1v) is 7.76. The van der Waals surface area contributed by atoms with E-state index in [0.717, 1.165) is 63.5 Å².